The lowest BCUT2D eigenvalue weighted by molar-refractivity contribution is -0.139. The van der Waals surface area contributed by atoms with Crippen LogP contribution in [0.15, 0.2) is 55.9 Å². The largest absolute Gasteiger partial charge is 0.497 e. The standard InChI is InChI=1S/C28H27BrN2O7S/c1-5-7-19-24(27(33)36-6-2)25(17-12-16(34-3)8-9-20(17)35-4)31-26(32)23(39-28(31)30-19)11-15-10-21-22(13-18(15)29)38-14-37-21/h8-13,25H,5-7,14H2,1-4H3/b23-11-/t25-/m0/s1. The van der Waals surface area contributed by atoms with Crippen LogP contribution in [0.2, 0.25) is 0 Å². The van der Waals surface area contributed by atoms with Gasteiger partial charge in [-0.2, -0.15) is 0 Å². The van der Waals surface area contributed by atoms with Crippen molar-refractivity contribution in [1.29, 1.82) is 0 Å². The van der Waals surface area contributed by atoms with Crippen LogP contribution in [0.1, 0.15) is 43.9 Å². The van der Waals surface area contributed by atoms with E-state index in [1.807, 2.05) is 19.1 Å². The third-order valence-corrected chi connectivity index (χ3v) is 8.07. The Hall–Kier alpha value is -3.57. The number of carbonyl (C=O) groups excluding carboxylic acids is 1. The number of aromatic nitrogens is 1. The zero-order valence-electron chi connectivity index (χ0n) is 21.9. The van der Waals surface area contributed by atoms with Crippen LogP contribution in [0.3, 0.4) is 0 Å². The number of benzene rings is 2. The molecule has 2 aliphatic rings. The van der Waals surface area contributed by atoms with Crippen molar-refractivity contribution in [1.82, 2.24) is 4.57 Å². The number of methoxy groups -OCH3 is 2. The van der Waals surface area contributed by atoms with E-state index in [0.717, 1.165) is 16.5 Å². The van der Waals surface area contributed by atoms with Gasteiger partial charge in [0.15, 0.2) is 16.3 Å². The predicted molar refractivity (Wildman–Crippen MR) is 149 cm³/mol. The van der Waals surface area contributed by atoms with Gasteiger partial charge in [-0.1, -0.05) is 40.6 Å². The van der Waals surface area contributed by atoms with E-state index in [2.05, 4.69) is 15.9 Å². The summed E-state index contributed by atoms with van der Waals surface area (Å²) in [6.07, 6.45) is 3.07. The van der Waals surface area contributed by atoms with Gasteiger partial charge in [0.25, 0.3) is 5.56 Å². The summed E-state index contributed by atoms with van der Waals surface area (Å²) in [7, 11) is 3.11. The summed E-state index contributed by atoms with van der Waals surface area (Å²) >= 11 is 4.82. The lowest BCUT2D eigenvalue weighted by Gasteiger charge is -2.27. The lowest BCUT2D eigenvalue weighted by Crippen LogP contribution is -2.40. The molecule has 0 amide bonds. The molecule has 9 nitrogen and oxygen atoms in total. The molecule has 0 N–H and O–H groups in total. The third-order valence-electron chi connectivity index (χ3n) is 6.40. The van der Waals surface area contributed by atoms with Crippen LogP contribution < -0.4 is 33.8 Å². The SMILES string of the molecule is CCCC1=C(C(=O)OCC)[C@H](c2cc(OC)ccc2OC)n2c(s/c(=C\c3cc4c(cc3Br)OCO4)c2=O)=N1. The maximum atomic E-state index is 14.1. The molecule has 0 aliphatic carbocycles. The number of carbonyl (C=O) groups is 1. The van der Waals surface area contributed by atoms with Crippen LogP contribution in [0.25, 0.3) is 6.08 Å². The van der Waals surface area contributed by atoms with Crippen molar-refractivity contribution in [2.45, 2.75) is 32.7 Å². The first-order chi connectivity index (χ1) is 18.9. The minimum Gasteiger partial charge on any atom is -0.497 e. The van der Waals surface area contributed by atoms with Crippen LogP contribution in [0.4, 0.5) is 0 Å². The Kier molecular flexibility index (Phi) is 7.81. The highest BCUT2D eigenvalue weighted by Crippen LogP contribution is 2.39. The fourth-order valence-electron chi connectivity index (χ4n) is 4.65. The van der Waals surface area contributed by atoms with Gasteiger partial charge in [-0.15, -0.1) is 0 Å². The molecule has 3 heterocycles. The van der Waals surface area contributed by atoms with Crippen molar-refractivity contribution in [2.75, 3.05) is 27.6 Å². The highest BCUT2D eigenvalue weighted by atomic mass is 79.9. The minimum absolute atomic E-state index is 0.145. The van der Waals surface area contributed by atoms with E-state index >= 15 is 0 Å². The van der Waals surface area contributed by atoms with Crippen LogP contribution in [-0.4, -0.2) is 38.2 Å². The molecule has 0 saturated heterocycles. The number of rotatable bonds is 8. The van der Waals surface area contributed by atoms with E-state index in [-0.39, 0.29) is 19.0 Å². The Morgan fingerprint density at radius 3 is 2.64 bits per heavy atom. The second-order valence-electron chi connectivity index (χ2n) is 8.75. The zero-order valence-corrected chi connectivity index (χ0v) is 24.3. The summed E-state index contributed by atoms with van der Waals surface area (Å²) in [5, 5.41) is 0. The van der Waals surface area contributed by atoms with Gasteiger partial charge in [0.05, 0.1) is 36.6 Å². The number of ether oxygens (including phenoxy) is 5. The first-order valence-electron chi connectivity index (χ1n) is 12.4. The number of nitrogens with zero attached hydrogens (tertiary/aromatic N) is 2. The van der Waals surface area contributed by atoms with Crippen molar-refractivity contribution in [3.63, 3.8) is 0 Å². The Morgan fingerprint density at radius 2 is 1.95 bits per heavy atom. The Bertz CT molecular complexity index is 1660. The zero-order chi connectivity index (χ0) is 27.7. The average molecular weight is 616 g/mol. The molecule has 2 aliphatic heterocycles. The second kappa shape index (κ2) is 11.3. The summed E-state index contributed by atoms with van der Waals surface area (Å²) in [5.41, 5.74) is 1.95. The predicted octanol–water partition coefficient (Wildman–Crippen LogP) is 4.09. The van der Waals surface area contributed by atoms with Gasteiger partial charge in [0.1, 0.15) is 17.5 Å². The smallest absolute Gasteiger partial charge is 0.338 e. The third kappa shape index (κ3) is 4.96. The first kappa shape index (κ1) is 27.0. The molecule has 0 spiro atoms. The second-order valence-corrected chi connectivity index (χ2v) is 10.6. The molecule has 0 unspecified atom stereocenters. The molecular weight excluding hydrogens is 588 g/mol. The van der Waals surface area contributed by atoms with Crippen LogP contribution >= 0.6 is 27.3 Å². The number of esters is 1. The number of thiazole rings is 1. The maximum absolute atomic E-state index is 14.1. The molecule has 39 heavy (non-hydrogen) atoms. The van der Waals surface area contributed by atoms with Gasteiger partial charge in [0.2, 0.25) is 6.79 Å². The van der Waals surface area contributed by atoms with Gasteiger partial charge in [-0.25, -0.2) is 9.79 Å². The Balaban J connectivity index is 1.79. The molecule has 3 aromatic rings. The summed E-state index contributed by atoms with van der Waals surface area (Å²) in [5.74, 6) is 1.79. The summed E-state index contributed by atoms with van der Waals surface area (Å²) < 4.78 is 30.4. The monoisotopic (exact) mass is 614 g/mol. The Labute approximate surface area is 237 Å². The van der Waals surface area contributed by atoms with Crippen molar-refractivity contribution >= 4 is 39.3 Å². The van der Waals surface area contributed by atoms with E-state index in [1.54, 1.807) is 50.0 Å². The quantitative estimate of drug-likeness (QED) is 0.353. The number of allylic oxidation sites excluding steroid dienone is 1. The van der Waals surface area contributed by atoms with Crippen molar-refractivity contribution in [3.05, 3.63) is 76.9 Å². The van der Waals surface area contributed by atoms with E-state index in [9.17, 15) is 9.59 Å². The maximum Gasteiger partial charge on any atom is 0.338 e. The molecule has 0 radical (unpaired) electrons. The molecule has 2 aromatic carbocycles. The van der Waals surface area contributed by atoms with Crippen LogP contribution in [-0.2, 0) is 9.53 Å². The first-order valence-corrected chi connectivity index (χ1v) is 14.0. The van der Waals surface area contributed by atoms with Crippen molar-refractivity contribution in [3.8, 4) is 23.0 Å². The molecular formula is C28H27BrN2O7S. The minimum atomic E-state index is -0.825. The molecule has 0 bridgehead atoms. The molecule has 1 aromatic heterocycles. The topological polar surface area (TPSA) is 97.6 Å². The number of hydrogen-bond donors (Lipinski definition) is 0. The highest BCUT2D eigenvalue weighted by Gasteiger charge is 2.36. The number of hydrogen-bond acceptors (Lipinski definition) is 9. The molecule has 5 rings (SSSR count). The van der Waals surface area contributed by atoms with E-state index < -0.39 is 12.0 Å². The fourth-order valence-corrected chi connectivity index (χ4v) is 6.10. The molecule has 11 heteroatoms. The van der Waals surface area contributed by atoms with Crippen LogP contribution in [0, 0.1) is 0 Å². The molecule has 1 atom stereocenters. The van der Waals surface area contributed by atoms with Gasteiger partial charge >= 0.3 is 5.97 Å². The summed E-state index contributed by atoms with van der Waals surface area (Å²) in [6, 6.07) is 8.12. The highest BCUT2D eigenvalue weighted by molar-refractivity contribution is 9.10. The molecule has 0 fully saturated rings. The average Bonchev–Trinajstić information content (AvgIpc) is 3.51. The fraction of sp³-hybridized carbons (Fsp3) is 0.321. The molecule has 204 valence electrons. The van der Waals surface area contributed by atoms with E-state index in [1.165, 1.54) is 11.3 Å². The summed E-state index contributed by atoms with van der Waals surface area (Å²) in [4.78, 5) is 32.8. The summed E-state index contributed by atoms with van der Waals surface area (Å²) in [6.45, 7) is 4.09. The normalized spacial score (nSPS) is 16.1. The molecule has 0 saturated carbocycles. The van der Waals surface area contributed by atoms with Crippen molar-refractivity contribution < 1.29 is 28.5 Å². The van der Waals surface area contributed by atoms with E-state index in [4.69, 9.17) is 28.7 Å². The van der Waals surface area contributed by atoms with Gasteiger partial charge in [-0.05, 0) is 55.3 Å². The van der Waals surface area contributed by atoms with Crippen molar-refractivity contribution in [2.24, 2.45) is 4.99 Å². The van der Waals surface area contributed by atoms with Gasteiger partial charge < -0.3 is 23.7 Å². The van der Waals surface area contributed by atoms with Crippen LogP contribution in [0.5, 0.6) is 23.0 Å². The van der Waals surface area contributed by atoms with Gasteiger partial charge in [-0.3, -0.25) is 9.36 Å². The lowest BCUT2D eigenvalue weighted by atomic mass is 9.93. The van der Waals surface area contributed by atoms with Gasteiger partial charge in [0, 0.05) is 10.0 Å². The Morgan fingerprint density at radius 1 is 1.18 bits per heavy atom. The number of halogens is 1. The van der Waals surface area contributed by atoms with E-state index in [0.29, 0.717) is 55.6 Å². The number of fused-ring (bicyclic) bond motifs is 2.